The SMILES string of the molecule is Cc1cccnc1C(NN)c1ccc(F)c(C(F)(F)F)c1. The maximum atomic E-state index is 13.3. The lowest BCUT2D eigenvalue weighted by molar-refractivity contribution is -0.140. The number of alkyl halides is 3. The van der Waals surface area contributed by atoms with E-state index in [1.807, 2.05) is 0 Å². The van der Waals surface area contributed by atoms with Crippen molar-refractivity contribution in [2.45, 2.75) is 19.1 Å². The predicted molar refractivity (Wildman–Crippen MR) is 69.5 cm³/mol. The Hall–Kier alpha value is -1.99. The lowest BCUT2D eigenvalue weighted by Crippen LogP contribution is -2.30. The van der Waals surface area contributed by atoms with Crippen molar-refractivity contribution >= 4 is 0 Å². The Kier molecular flexibility index (Phi) is 4.24. The zero-order valence-electron chi connectivity index (χ0n) is 11.1. The molecule has 0 aliphatic carbocycles. The Bertz CT molecular complexity index is 640. The zero-order valence-corrected chi connectivity index (χ0v) is 11.1. The standard InChI is InChI=1S/C14H13F4N3/c1-8-3-2-6-20-12(8)13(21-19)9-4-5-11(15)10(7-9)14(16,17)18/h2-7,13,21H,19H2,1H3. The number of pyridine rings is 1. The molecule has 0 radical (unpaired) electrons. The first-order chi connectivity index (χ1) is 9.84. The van der Waals surface area contributed by atoms with E-state index in [0.717, 1.165) is 17.7 Å². The van der Waals surface area contributed by atoms with E-state index in [-0.39, 0.29) is 5.56 Å². The van der Waals surface area contributed by atoms with Crippen molar-refractivity contribution in [3.05, 3.63) is 64.7 Å². The van der Waals surface area contributed by atoms with Gasteiger partial charge < -0.3 is 0 Å². The Morgan fingerprint density at radius 2 is 1.95 bits per heavy atom. The van der Waals surface area contributed by atoms with Crippen molar-refractivity contribution in [3.8, 4) is 0 Å². The van der Waals surface area contributed by atoms with Crippen LogP contribution in [0.2, 0.25) is 0 Å². The summed E-state index contributed by atoms with van der Waals surface area (Å²) in [5, 5.41) is 0. The molecule has 0 saturated heterocycles. The van der Waals surface area contributed by atoms with Crippen molar-refractivity contribution < 1.29 is 17.6 Å². The summed E-state index contributed by atoms with van der Waals surface area (Å²) in [5.41, 5.74) is 2.53. The molecule has 1 unspecified atom stereocenters. The van der Waals surface area contributed by atoms with Gasteiger partial charge in [-0.05, 0) is 36.2 Å². The number of aromatic nitrogens is 1. The molecule has 1 heterocycles. The van der Waals surface area contributed by atoms with Crippen molar-refractivity contribution in [1.82, 2.24) is 10.4 Å². The molecule has 2 rings (SSSR count). The number of nitrogens with zero attached hydrogens (tertiary/aromatic N) is 1. The van der Waals surface area contributed by atoms with E-state index < -0.39 is 23.6 Å². The Morgan fingerprint density at radius 1 is 1.24 bits per heavy atom. The average molecular weight is 299 g/mol. The molecule has 0 bridgehead atoms. The molecule has 1 aromatic carbocycles. The van der Waals surface area contributed by atoms with Crippen molar-refractivity contribution in [2.75, 3.05) is 0 Å². The number of hydrogen-bond donors (Lipinski definition) is 2. The Labute approximate surface area is 118 Å². The van der Waals surface area contributed by atoms with Gasteiger partial charge in [0, 0.05) is 6.20 Å². The first-order valence-corrected chi connectivity index (χ1v) is 6.09. The monoisotopic (exact) mass is 299 g/mol. The first-order valence-electron chi connectivity index (χ1n) is 6.09. The Balaban J connectivity index is 2.52. The number of aryl methyl sites for hydroxylation is 1. The minimum Gasteiger partial charge on any atom is -0.271 e. The van der Waals surface area contributed by atoms with Crippen molar-refractivity contribution in [2.24, 2.45) is 5.84 Å². The second-order valence-corrected chi connectivity index (χ2v) is 4.54. The van der Waals surface area contributed by atoms with E-state index >= 15 is 0 Å². The highest BCUT2D eigenvalue weighted by atomic mass is 19.4. The van der Waals surface area contributed by atoms with E-state index in [0.29, 0.717) is 5.69 Å². The minimum atomic E-state index is -4.77. The fourth-order valence-electron chi connectivity index (χ4n) is 2.07. The summed E-state index contributed by atoms with van der Waals surface area (Å²) >= 11 is 0. The van der Waals surface area contributed by atoms with Crippen LogP contribution in [-0.4, -0.2) is 4.98 Å². The van der Waals surface area contributed by atoms with Gasteiger partial charge in [-0.2, -0.15) is 13.2 Å². The van der Waals surface area contributed by atoms with E-state index in [1.165, 1.54) is 12.3 Å². The molecule has 2 aromatic rings. The molecule has 0 amide bonds. The number of benzene rings is 1. The van der Waals surface area contributed by atoms with Gasteiger partial charge in [0.2, 0.25) is 0 Å². The number of halogens is 4. The number of rotatable bonds is 3. The summed E-state index contributed by atoms with van der Waals surface area (Å²) in [7, 11) is 0. The Morgan fingerprint density at radius 3 is 2.52 bits per heavy atom. The predicted octanol–water partition coefficient (Wildman–Crippen LogP) is 3.10. The molecule has 0 aliphatic rings. The van der Waals surface area contributed by atoms with E-state index in [9.17, 15) is 17.6 Å². The fraction of sp³-hybridized carbons (Fsp3) is 0.214. The van der Waals surface area contributed by atoms with Gasteiger partial charge in [0.15, 0.2) is 0 Å². The molecule has 3 nitrogen and oxygen atoms in total. The van der Waals surface area contributed by atoms with Gasteiger partial charge in [0.25, 0.3) is 0 Å². The third kappa shape index (κ3) is 3.20. The molecule has 7 heteroatoms. The van der Waals surface area contributed by atoms with Crippen LogP contribution in [-0.2, 0) is 6.18 Å². The van der Waals surface area contributed by atoms with E-state index in [2.05, 4.69) is 10.4 Å². The highest BCUT2D eigenvalue weighted by Crippen LogP contribution is 2.34. The molecule has 112 valence electrons. The van der Waals surface area contributed by atoms with Crippen LogP contribution in [0.25, 0.3) is 0 Å². The van der Waals surface area contributed by atoms with Crippen LogP contribution >= 0.6 is 0 Å². The molecule has 1 aromatic heterocycles. The minimum absolute atomic E-state index is 0.188. The number of hydrazine groups is 1. The molecule has 3 N–H and O–H groups in total. The maximum Gasteiger partial charge on any atom is 0.419 e. The summed E-state index contributed by atoms with van der Waals surface area (Å²) in [6.07, 6.45) is -3.25. The molecule has 1 atom stereocenters. The van der Waals surface area contributed by atoms with Gasteiger partial charge in [-0.25, -0.2) is 9.82 Å². The first kappa shape index (κ1) is 15.4. The summed E-state index contributed by atoms with van der Waals surface area (Å²) in [4.78, 5) is 4.12. The summed E-state index contributed by atoms with van der Waals surface area (Å²) < 4.78 is 51.6. The van der Waals surface area contributed by atoms with Gasteiger partial charge in [-0.15, -0.1) is 0 Å². The highest BCUT2D eigenvalue weighted by molar-refractivity contribution is 5.36. The summed E-state index contributed by atoms with van der Waals surface area (Å²) in [6, 6.07) is 5.49. The molecular weight excluding hydrogens is 286 g/mol. The normalized spacial score (nSPS) is 13.2. The van der Waals surface area contributed by atoms with Crippen LogP contribution in [0.4, 0.5) is 17.6 Å². The van der Waals surface area contributed by atoms with E-state index in [1.54, 1.807) is 19.1 Å². The van der Waals surface area contributed by atoms with Crippen LogP contribution in [0.1, 0.15) is 28.4 Å². The van der Waals surface area contributed by atoms with Crippen molar-refractivity contribution in [1.29, 1.82) is 0 Å². The number of nitrogens with two attached hydrogens (primary N) is 1. The highest BCUT2D eigenvalue weighted by Gasteiger charge is 2.35. The van der Waals surface area contributed by atoms with Crippen LogP contribution < -0.4 is 11.3 Å². The fourth-order valence-corrected chi connectivity index (χ4v) is 2.07. The van der Waals surface area contributed by atoms with Gasteiger partial charge >= 0.3 is 6.18 Å². The third-order valence-corrected chi connectivity index (χ3v) is 3.12. The second-order valence-electron chi connectivity index (χ2n) is 4.54. The van der Waals surface area contributed by atoms with Gasteiger partial charge in [0.1, 0.15) is 5.82 Å². The topological polar surface area (TPSA) is 50.9 Å². The lowest BCUT2D eigenvalue weighted by Gasteiger charge is -2.19. The van der Waals surface area contributed by atoms with Gasteiger partial charge in [0.05, 0.1) is 17.3 Å². The second kappa shape index (κ2) is 5.79. The van der Waals surface area contributed by atoms with Gasteiger partial charge in [-0.1, -0.05) is 12.1 Å². The van der Waals surface area contributed by atoms with Crippen LogP contribution in [0.3, 0.4) is 0 Å². The number of hydrogen-bond acceptors (Lipinski definition) is 3. The van der Waals surface area contributed by atoms with Crippen LogP contribution in [0.5, 0.6) is 0 Å². The molecule has 21 heavy (non-hydrogen) atoms. The molecule has 0 aliphatic heterocycles. The molecule has 0 saturated carbocycles. The molecular formula is C14H13F4N3. The quantitative estimate of drug-likeness (QED) is 0.520. The average Bonchev–Trinajstić information content (AvgIpc) is 2.42. The summed E-state index contributed by atoms with van der Waals surface area (Å²) in [6.45, 7) is 1.76. The smallest absolute Gasteiger partial charge is 0.271 e. The van der Waals surface area contributed by atoms with Crippen LogP contribution in [0, 0.1) is 12.7 Å². The summed E-state index contributed by atoms with van der Waals surface area (Å²) in [5.74, 6) is 4.12. The zero-order chi connectivity index (χ0) is 15.6. The molecule has 0 fully saturated rings. The van der Waals surface area contributed by atoms with Crippen LogP contribution in [0.15, 0.2) is 36.5 Å². The lowest BCUT2D eigenvalue weighted by atomic mass is 9.98. The third-order valence-electron chi connectivity index (χ3n) is 3.12. The largest absolute Gasteiger partial charge is 0.419 e. The van der Waals surface area contributed by atoms with Gasteiger partial charge in [-0.3, -0.25) is 10.8 Å². The van der Waals surface area contributed by atoms with E-state index in [4.69, 9.17) is 5.84 Å². The number of nitrogens with one attached hydrogen (secondary N) is 1. The molecule has 0 spiro atoms. The van der Waals surface area contributed by atoms with Crippen molar-refractivity contribution in [3.63, 3.8) is 0 Å². The maximum absolute atomic E-state index is 13.3.